The summed E-state index contributed by atoms with van der Waals surface area (Å²) in [5, 5.41) is 1.41. The van der Waals surface area contributed by atoms with Gasteiger partial charge in [0.1, 0.15) is 12.6 Å². The van der Waals surface area contributed by atoms with Crippen molar-refractivity contribution >= 4 is 12.0 Å². The van der Waals surface area contributed by atoms with E-state index in [0.29, 0.717) is 19.6 Å². The van der Waals surface area contributed by atoms with Crippen LogP contribution in [0, 0.1) is 0 Å². The minimum atomic E-state index is -0.528. The molecule has 23 heavy (non-hydrogen) atoms. The van der Waals surface area contributed by atoms with Crippen molar-refractivity contribution in [2.45, 2.75) is 38.5 Å². The smallest absolute Gasteiger partial charge is 0.345 e. The highest BCUT2D eigenvalue weighted by Crippen LogP contribution is 2.31. The summed E-state index contributed by atoms with van der Waals surface area (Å²) in [5.74, 6) is -0.389. The van der Waals surface area contributed by atoms with Gasteiger partial charge in [0.2, 0.25) is 0 Å². The van der Waals surface area contributed by atoms with Crippen LogP contribution in [0.5, 0.6) is 0 Å². The average Bonchev–Trinajstić information content (AvgIpc) is 2.83. The second-order valence-corrected chi connectivity index (χ2v) is 5.67. The molecule has 0 spiro atoms. The first-order valence-electron chi connectivity index (χ1n) is 7.79. The Hall–Kier alpha value is -2.34. The first-order chi connectivity index (χ1) is 11.2. The molecule has 2 aliphatic heterocycles. The van der Waals surface area contributed by atoms with E-state index in [9.17, 15) is 9.59 Å². The lowest BCUT2D eigenvalue weighted by Gasteiger charge is -2.27. The molecule has 0 aliphatic carbocycles. The van der Waals surface area contributed by atoms with Crippen LogP contribution in [0.4, 0.5) is 4.79 Å². The quantitative estimate of drug-likeness (QED) is 0.618. The summed E-state index contributed by atoms with van der Waals surface area (Å²) in [6.07, 6.45) is 4.31. The highest BCUT2D eigenvalue weighted by Gasteiger charge is 2.48. The predicted octanol–water partition coefficient (Wildman–Crippen LogP) is 2.46. The van der Waals surface area contributed by atoms with E-state index in [1.54, 1.807) is 17.9 Å². The molecule has 2 saturated heterocycles. The van der Waals surface area contributed by atoms with Gasteiger partial charge < -0.3 is 9.64 Å². The van der Waals surface area contributed by atoms with E-state index in [1.807, 2.05) is 30.3 Å². The average molecular weight is 316 g/mol. The summed E-state index contributed by atoms with van der Waals surface area (Å²) in [6, 6.07) is 8.90. The van der Waals surface area contributed by atoms with Gasteiger partial charge in [-0.1, -0.05) is 36.4 Å². The van der Waals surface area contributed by atoms with Crippen LogP contribution in [0.3, 0.4) is 0 Å². The van der Waals surface area contributed by atoms with Crippen molar-refractivity contribution in [3.05, 3.63) is 48.2 Å². The molecule has 2 fully saturated rings. The van der Waals surface area contributed by atoms with Crippen molar-refractivity contribution in [1.82, 2.24) is 9.96 Å². The normalized spacial score (nSPS) is 23.6. The molecule has 1 aromatic carbocycles. The lowest BCUT2D eigenvalue weighted by molar-refractivity contribution is -0.144. The minimum absolute atomic E-state index is 0.00280. The number of carbonyl (C=O) groups excluding carboxylic acids is 2. The number of piperidine rings is 1. The van der Waals surface area contributed by atoms with Gasteiger partial charge in [-0.15, -0.1) is 0 Å². The number of esters is 1. The molecule has 0 radical (unpaired) electrons. The Morgan fingerprint density at radius 1 is 1.30 bits per heavy atom. The van der Waals surface area contributed by atoms with E-state index in [1.165, 1.54) is 11.3 Å². The minimum Gasteiger partial charge on any atom is -0.433 e. The zero-order valence-electron chi connectivity index (χ0n) is 13.1. The fraction of sp³-hybridized carbons (Fsp3) is 0.412. The summed E-state index contributed by atoms with van der Waals surface area (Å²) in [4.78, 5) is 31.8. The molecule has 0 N–H and O–H groups in total. The van der Waals surface area contributed by atoms with Gasteiger partial charge in [-0.3, -0.25) is 4.84 Å². The Morgan fingerprint density at radius 3 is 2.83 bits per heavy atom. The van der Waals surface area contributed by atoms with Crippen LogP contribution < -0.4 is 0 Å². The molecule has 122 valence electrons. The van der Waals surface area contributed by atoms with E-state index < -0.39 is 6.04 Å². The third kappa shape index (κ3) is 3.22. The van der Waals surface area contributed by atoms with Gasteiger partial charge in [0.15, 0.2) is 0 Å². The van der Waals surface area contributed by atoms with Crippen LogP contribution in [-0.4, -0.2) is 40.6 Å². The molecular formula is C17H20N2O4. The number of rotatable bonds is 5. The second-order valence-electron chi connectivity index (χ2n) is 5.67. The third-order valence-electron chi connectivity index (χ3n) is 4.13. The molecule has 6 nitrogen and oxygen atoms in total. The standard InChI is InChI=1S/C17H20N2O4/c1-2-10-22-16(20)15-9-8-14-11-18(15)17(21)19(14)23-12-13-6-4-3-5-7-13/h2-7,10,14-15H,8-9,11-12H2,1H3. The molecule has 2 unspecified atom stereocenters. The van der Waals surface area contributed by atoms with Crippen LogP contribution >= 0.6 is 0 Å². The van der Waals surface area contributed by atoms with Gasteiger partial charge >= 0.3 is 12.0 Å². The highest BCUT2D eigenvalue weighted by molar-refractivity contribution is 5.85. The van der Waals surface area contributed by atoms with Crippen LogP contribution in [0.1, 0.15) is 25.3 Å². The number of fused-ring (bicyclic) bond motifs is 2. The number of amides is 2. The van der Waals surface area contributed by atoms with Gasteiger partial charge in [-0.05, 0) is 25.3 Å². The summed E-state index contributed by atoms with van der Waals surface area (Å²) >= 11 is 0. The summed E-state index contributed by atoms with van der Waals surface area (Å²) in [5.41, 5.74) is 1.00. The molecule has 0 saturated carbocycles. The number of allylic oxidation sites excluding steroid dienone is 1. The van der Waals surface area contributed by atoms with Crippen molar-refractivity contribution in [3.63, 3.8) is 0 Å². The zero-order valence-corrected chi connectivity index (χ0v) is 13.1. The number of hydroxylamine groups is 2. The number of nitrogens with zero attached hydrogens (tertiary/aromatic N) is 2. The van der Waals surface area contributed by atoms with E-state index in [4.69, 9.17) is 9.57 Å². The molecule has 2 bridgehead atoms. The zero-order chi connectivity index (χ0) is 16.2. The van der Waals surface area contributed by atoms with Crippen molar-refractivity contribution in [2.75, 3.05) is 6.54 Å². The molecule has 6 heteroatoms. The molecule has 3 rings (SSSR count). The van der Waals surface area contributed by atoms with Crippen molar-refractivity contribution in [2.24, 2.45) is 0 Å². The van der Waals surface area contributed by atoms with E-state index in [0.717, 1.165) is 12.0 Å². The number of hydrogen-bond acceptors (Lipinski definition) is 4. The first-order valence-corrected chi connectivity index (χ1v) is 7.79. The largest absolute Gasteiger partial charge is 0.433 e. The van der Waals surface area contributed by atoms with Crippen LogP contribution in [-0.2, 0) is 21.0 Å². The highest BCUT2D eigenvalue weighted by atomic mass is 16.7. The van der Waals surface area contributed by atoms with Crippen LogP contribution in [0.25, 0.3) is 0 Å². The van der Waals surface area contributed by atoms with E-state index in [2.05, 4.69) is 0 Å². The molecule has 2 heterocycles. The van der Waals surface area contributed by atoms with Crippen LogP contribution in [0.2, 0.25) is 0 Å². The summed E-state index contributed by atoms with van der Waals surface area (Å²) < 4.78 is 5.02. The van der Waals surface area contributed by atoms with Gasteiger partial charge in [0, 0.05) is 6.54 Å². The Morgan fingerprint density at radius 2 is 2.09 bits per heavy atom. The fourth-order valence-electron chi connectivity index (χ4n) is 2.97. The predicted molar refractivity (Wildman–Crippen MR) is 82.9 cm³/mol. The number of hydrogen-bond donors (Lipinski definition) is 0. The maximum atomic E-state index is 12.5. The van der Waals surface area contributed by atoms with Crippen LogP contribution in [0.15, 0.2) is 42.7 Å². The molecule has 1 aromatic rings. The summed E-state index contributed by atoms with van der Waals surface area (Å²) in [7, 11) is 0. The third-order valence-corrected chi connectivity index (χ3v) is 4.13. The number of carbonyl (C=O) groups is 2. The number of urea groups is 1. The summed E-state index contributed by atoms with van der Waals surface area (Å²) in [6.45, 7) is 2.61. The van der Waals surface area contributed by atoms with E-state index in [-0.39, 0.29) is 18.0 Å². The van der Waals surface area contributed by atoms with E-state index >= 15 is 0 Å². The lowest BCUT2D eigenvalue weighted by Crippen LogP contribution is -2.45. The monoisotopic (exact) mass is 316 g/mol. The first kappa shape index (κ1) is 15.6. The molecule has 2 amide bonds. The fourth-order valence-corrected chi connectivity index (χ4v) is 2.97. The van der Waals surface area contributed by atoms with Gasteiger partial charge in [-0.2, -0.15) is 5.06 Å². The SMILES string of the molecule is CC=COC(=O)C1CCC2CN1C(=O)N2OCc1ccccc1. The molecule has 0 aromatic heterocycles. The Kier molecular flexibility index (Phi) is 4.62. The number of benzene rings is 1. The Labute approximate surface area is 135 Å². The molecule has 2 aliphatic rings. The number of ether oxygens (including phenoxy) is 1. The second kappa shape index (κ2) is 6.83. The van der Waals surface area contributed by atoms with Gasteiger partial charge in [0.25, 0.3) is 0 Å². The molecule has 2 atom stereocenters. The maximum absolute atomic E-state index is 12.5. The topological polar surface area (TPSA) is 59.1 Å². The molecular weight excluding hydrogens is 296 g/mol. The van der Waals surface area contributed by atoms with Gasteiger partial charge in [0.05, 0.1) is 12.3 Å². The Balaban J connectivity index is 1.63. The Bertz CT molecular complexity index is 602. The van der Waals surface area contributed by atoms with Crippen molar-refractivity contribution in [1.29, 1.82) is 0 Å². The lowest BCUT2D eigenvalue weighted by atomic mass is 10.0. The van der Waals surface area contributed by atoms with Crippen molar-refractivity contribution in [3.8, 4) is 0 Å². The van der Waals surface area contributed by atoms with Crippen molar-refractivity contribution < 1.29 is 19.2 Å². The maximum Gasteiger partial charge on any atom is 0.345 e. The van der Waals surface area contributed by atoms with Gasteiger partial charge in [-0.25, -0.2) is 9.59 Å².